The molecule has 0 aliphatic heterocycles. The fourth-order valence-corrected chi connectivity index (χ4v) is 2.98. The molecule has 0 aliphatic rings. The molecule has 0 unspecified atom stereocenters. The molecule has 6 heteroatoms. The number of carbonyl (C=O) groups excluding carboxylic acids is 1. The monoisotopic (exact) mass is 399 g/mol. The average Bonchev–Trinajstić information content (AvgIpc) is 3.30. The molecule has 6 nitrogen and oxygen atoms in total. The molecule has 2 heterocycles. The van der Waals surface area contributed by atoms with Gasteiger partial charge in [-0.2, -0.15) is 5.10 Å². The van der Waals surface area contributed by atoms with E-state index in [1.807, 2.05) is 72.9 Å². The van der Waals surface area contributed by atoms with Gasteiger partial charge < -0.3 is 11.5 Å². The van der Waals surface area contributed by atoms with Gasteiger partial charge in [0.1, 0.15) is 0 Å². The van der Waals surface area contributed by atoms with E-state index in [9.17, 15) is 4.79 Å². The first-order valence-electron chi connectivity index (χ1n) is 9.79. The van der Waals surface area contributed by atoms with E-state index in [4.69, 9.17) is 11.5 Å². The fourth-order valence-electron chi connectivity index (χ4n) is 2.98. The van der Waals surface area contributed by atoms with Gasteiger partial charge in [0.15, 0.2) is 0 Å². The van der Waals surface area contributed by atoms with Gasteiger partial charge in [-0.05, 0) is 43.7 Å². The predicted octanol–water partition coefficient (Wildman–Crippen LogP) is 3.82. The summed E-state index contributed by atoms with van der Waals surface area (Å²) >= 11 is 0. The lowest BCUT2D eigenvalue weighted by molar-refractivity contribution is 0.100. The van der Waals surface area contributed by atoms with Crippen molar-refractivity contribution < 1.29 is 4.79 Å². The summed E-state index contributed by atoms with van der Waals surface area (Å²) in [6.07, 6.45) is 3.83. The molecule has 0 atom stereocenters. The number of hydrogen-bond acceptors (Lipinski definition) is 4. The van der Waals surface area contributed by atoms with Crippen molar-refractivity contribution in [2.24, 2.45) is 11.5 Å². The largest absolute Gasteiger partial charge is 0.366 e. The minimum absolute atomic E-state index is 0.448. The second-order valence-corrected chi connectivity index (χ2v) is 6.66. The van der Waals surface area contributed by atoms with Crippen molar-refractivity contribution in [2.45, 2.75) is 12.8 Å². The molecule has 152 valence electrons. The number of aromatic amines is 1. The van der Waals surface area contributed by atoms with Crippen LogP contribution in [-0.4, -0.2) is 27.6 Å². The number of rotatable bonds is 6. The number of aromatic nitrogens is 3. The highest BCUT2D eigenvalue weighted by Crippen LogP contribution is 2.26. The summed E-state index contributed by atoms with van der Waals surface area (Å²) in [4.78, 5) is 15.6. The van der Waals surface area contributed by atoms with Gasteiger partial charge in [-0.3, -0.25) is 14.9 Å². The minimum atomic E-state index is -0.448. The third-order valence-corrected chi connectivity index (χ3v) is 4.49. The maximum absolute atomic E-state index is 11.5. The van der Waals surface area contributed by atoms with E-state index in [-0.39, 0.29) is 0 Å². The highest BCUT2D eigenvalue weighted by atomic mass is 16.1. The number of carbonyl (C=O) groups is 1. The molecule has 0 bridgehead atoms. The number of hydrogen-bond donors (Lipinski definition) is 3. The zero-order chi connectivity index (χ0) is 21.2. The maximum Gasteiger partial charge on any atom is 0.249 e. The Morgan fingerprint density at radius 2 is 1.67 bits per heavy atom. The van der Waals surface area contributed by atoms with Crippen molar-refractivity contribution in [2.75, 3.05) is 6.54 Å². The van der Waals surface area contributed by atoms with Crippen LogP contribution in [0.3, 0.4) is 0 Å². The second kappa shape index (κ2) is 10.7. The van der Waals surface area contributed by atoms with Crippen LogP contribution in [0.25, 0.3) is 22.5 Å². The minimum Gasteiger partial charge on any atom is -0.366 e. The SMILES string of the molecule is NC(=O)c1ccccc1-c1cc(-c2ccccc2)n[nH]1.NCCCc1ccccn1. The fraction of sp³-hybridized carbons (Fsp3) is 0.125. The average molecular weight is 399 g/mol. The zero-order valence-corrected chi connectivity index (χ0v) is 16.7. The van der Waals surface area contributed by atoms with Gasteiger partial charge in [0.05, 0.1) is 11.4 Å². The van der Waals surface area contributed by atoms with Crippen molar-refractivity contribution in [3.8, 4) is 22.5 Å². The Morgan fingerprint density at radius 3 is 2.37 bits per heavy atom. The van der Waals surface area contributed by atoms with Gasteiger partial charge in [-0.15, -0.1) is 0 Å². The molecule has 4 aromatic rings. The van der Waals surface area contributed by atoms with Crippen LogP contribution in [0.4, 0.5) is 0 Å². The third kappa shape index (κ3) is 5.62. The maximum atomic E-state index is 11.5. The second-order valence-electron chi connectivity index (χ2n) is 6.66. The summed E-state index contributed by atoms with van der Waals surface area (Å²) < 4.78 is 0. The standard InChI is InChI=1S/C16H13N3O.C8H12N2/c17-16(20)13-9-5-4-8-12(13)15-10-14(18-19-15)11-6-2-1-3-7-11;9-6-3-5-8-4-1-2-7-10-8/h1-10H,(H2,17,20)(H,18,19);1-2,4,7H,3,5-6,9H2. The topological polar surface area (TPSA) is 111 Å². The van der Waals surface area contributed by atoms with E-state index < -0.39 is 5.91 Å². The smallest absolute Gasteiger partial charge is 0.249 e. The van der Waals surface area contributed by atoms with Gasteiger partial charge in [-0.25, -0.2) is 0 Å². The van der Waals surface area contributed by atoms with Gasteiger partial charge in [0, 0.05) is 28.6 Å². The van der Waals surface area contributed by atoms with Crippen LogP contribution in [-0.2, 0) is 6.42 Å². The highest BCUT2D eigenvalue weighted by Gasteiger charge is 2.12. The molecule has 2 aromatic heterocycles. The predicted molar refractivity (Wildman–Crippen MR) is 120 cm³/mol. The number of aryl methyl sites for hydroxylation is 1. The molecule has 0 fully saturated rings. The molecule has 0 saturated carbocycles. The molecule has 0 radical (unpaired) electrons. The van der Waals surface area contributed by atoms with E-state index in [1.54, 1.807) is 12.1 Å². The molecule has 0 saturated heterocycles. The first-order valence-corrected chi connectivity index (χ1v) is 9.79. The van der Waals surface area contributed by atoms with Gasteiger partial charge in [0.2, 0.25) is 5.91 Å². The first-order chi connectivity index (χ1) is 14.7. The van der Waals surface area contributed by atoms with Crippen LogP contribution in [0.15, 0.2) is 85.1 Å². The summed E-state index contributed by atoms with van der Waals surface area (Å²) in [7, 11) is 0. The third-order valence-electron chi connectivity index (χ3n) is 4.49. The number of H-pyrrole nitrogens is 1. The lowest BCUT2D eigenvalue weighted by Crippen LogP contribution is -2.12. The van der Waals surface area contributed by atoms with Crippen molar-refractivity contribution in [1.82, 2.24) is 15.2 Å². The molecule has 2 aromatic carbocycles. The summed E-state index contributed by atoms with van der Waals surface area (Å²) in [6, 6.07) is 24.9. The first kappa shape index (κ1) is 21.0. The van der Waals surface area contributed by atoms with Crippen LogP contribution < -0.4 is 11.5 Å². The molecule has 0 spiro atoms. The normalized spacial score (nSPS) is 10.2. The van der Waals surface area contributed by atoms with Crippen molar-refractivity contribution in [3.05, 3.63) is 96.3 Å². The summed E-state index contributed by atoms with van der Waals surface area (Å²) in [5.41, 5.74) is 15.7. The van der Waals surface area contributed by atoms with E-state index in [0.29, 0.717) is 5.56 Å². The van der Waals surface area contributed by atoms with Crippen molar-refractivity contribution in [3.63, 3.8) is 0 Å². The molecular formula is C24H25N5O. The lowest BCUT2D eigenvalue weighted by atomic mass is 10.0. The Bertz CT molecular complexity index is 1060. The van der Waals surface area contributed by atoms with E-state index in [2.05, 4.69) is 15.2 Å². The molecule has 30 heavy (non-hydrogen) atoms. The molecule has 0 aliphatic carbocycles. The molecule has 4 rings (SSSR count). The number of benzene rings is 2. The highest BCUT2D eigenvalue weighted by molar-refractivity contribution is 5.99. The molecule has 5 N–H and O–H groups in total. The lowest BCUT2D eigenvalue weighted by Gasteiger charge is -2.02. The summed E-state index contributed by atoms with van der Waals surface area (Å²) in [5, 5.41) is 7.24. The Morgan fingerprint density at radius 1 is 0.933 bits per heavy atom. The van der Waals surface area contributed by atoms with E-state index in [0.717, 1.165) is 47.6 Å². The van der Waals surface area contributed by atoms with Gasteiger partial charge in [0.25, 0.3) is 0 Å². The van der Waals surface area contributed by atoms with E-state index >= 15 is 0 Å². The van der Waals surface area contributed by atoms with Crippen LogP contribution in [0.2, 0.25) is 0 Å². The van der Waals surface area contributed by atoms with Crippen LogP contribution >= 0.6 is 0 Å². The zero-order valence-electron chi connectivity index (χ0n) is 16.7. The van der Waals surface area contributed by atoms with Crippen LogP contribution in [0, 0.1) is 0 Å². The molecular weight excluding hydrogens is 374 g/mol. The van der Waals surface area contributed by atoms with Gasteiger partial charge in [-0.1, -0.05) is 54.6 Å². The summed E-state index contributed by atoms with van der Waals surface area (Å²) in [6.45, 7) is 0.747. The molecule has 1 amide bonds. The number of pyridine rings is 1. The van der Waals surface area contributed by atoms with E-state index in [1.165, 1.54) is 0 Å². The Balaban J connectivity index is 0.000000216. The Kier molecular flexibility index (Phi) is 7.46. The Hall–Kier alpha value is -3.77. The number of nitrogens with one attached hydrogen (secondary N) is 1. The van der Waals surface area contributed by atoms with Crippen LogP contribution in [0.5, 0.6) is 0 Å². The Labute approximate surface area is 176 Å². The number of amides is 1. The van der Waals surface area contributed by atoms with Gasteiger partial charge >= 0.3 is 0 Å². The quantitative estimate of drug-likeness (QED) is 0.458. The number of primary amides is 1. The van der Waals surface area contributed by atoms with Crippen molar-refractivity contribution in [1.29, 1.82) is 0 Å². The number of nitrogens with two attached hydrogens (primary N) is 2. The van der Waals surface area contributed by atoms with Crippen molar-refractivity contribution >= 4 is 5.91 Å². The van der Waals surface area contributed by atoms with Crippen LogP contribution in [0.1, 0.15) is 22.5 Å². The summed E-state index contributed by atoms with van der Waals surface area (Å²) in [5.74, 6) is -0.448. The number of nitrogens with zero attached hydrogens (tertiary/aromatic N) is 2.